The number of ether oxygens (including phenoxy) is 3. The number of nitrogens with zero attached hydrogens (tertiary/aromatic N) is 4. The van der Waals surface area contributed by atoms with E-state index in [2.05, 4.69) is 28.4 Å². The highest BCUT2D eigenvalue weighted by molar-refractivity contribution is 7.99. The average Bonchev–Trinajstić information content (AvgIpc) is 3.36. The first-order valence-corrected chi connectivity index (χ1v) is 14.6. The van der Waals surface area contributed by atoms with Crippen LogP contribution in [0, 0.1) is 17.0 Å². The van der Waals surface area contributed by atoms with Crippen LogP contribution in [0.4, 0.5) is 0 Å². The van der Waals surface area contributed by atoms with Crippen LogP contribution in [0.5, 0.6) is 17.2 Å². The Morgan fingerprint density at radius 2 is 1.64 bits per heavy atom. The topological polar surface area (TPSA) is 102 Å². The van der Waals surface area contributed by atoms with Gasteiger partial charge in [-0.2, -0.15) is 0 Å². The van der Waals surface area contributed by atoms with E-state index in [0.29, 0.717) is 42.3 Å². The molecule has 9 nitrogen and oxygen atoms in total. The molecule has 0 aliphatic rings. The normalized spacial score (nSPS) is 11.8. The van der Waals surface area contributed by atoms with Gasteiger partial charge in [0.1, 0.15) is 23.4 Å². The van der Waals surface area contributed by atoms with Crippen LogP contribution in [0.25, 0.3) is 16.5 Å². The van der Waals surface area contributed by atoms with Gasteiger partial charge in [0.15, 0.2) is 16.7 Å². The second-order valence-corrected chi connectivity index (χ2v) is 10.6. The maximum absolute atomic E-state index is 11.8. The van der Waals surface area contributed by atoms with E-state index >= 15 is 0 Å². The summed E-state index contributed by atoms with van der Waals surface area (Å²) in [5, 5.41) is 22.7. The van der Waals surface area contributed by atoms with Crippen LogP contribution in [-0.2, 0) is 6.61 Å². The van der Waals surface area contributed by atoms with Gasteiger partial charge in [-0.15, -0.1) is 10.2 Å². The van der Waals surface area contributed by atoms with Crippen molar-refractivity contribution in [2.45, 2.75) is 37.8 Å². The number of benzene rings is 4. The van der Waals surface area contributed by atoms with Crippen molar-refractivity contribution >= 4 is 22.5 Å². The molecule has 0 aliphatic heterocycles. The molecular formula is C32H32N4O5S. The van der Waals surface area contributed by atoms with E-state index in [4.69, 9.17) is 14.2 Å². The van der Waals surface area contributed by atoms with Gasteiger partial charge in [-0.1, -0.05) is 60.3 Å². The Balaban J connectivity index is 1.41. The Morgan fingerprint density at radius 3 is 2.40 bits per heavy atom. The van der Waals surface area contributed by atoms with Gasteiger partial charge >= 0.3 is 0 Å². The summed E-state index contributed by atoms with van der Waals surface area (Å²) in [5.41, 5.74) is 2.64. The number of aromatic nitrogens is 3. The summed E-state index contributed by atoms with van der Waals surface area (Å²) in [6.07, 6.45) is 0. The predicted molar refractivity (Wildman–Crippen MR) is 164 cm³/mol. The third-order valence-corrected chi connectivity index (χ3v) is 7.85. The van der Waals surface area contributed by atoms with E-state index in [9.17, 15) is 10.1 Å². The molecule has 1 aromatic heterocycles. The molecule has 0 bridgehead atoms. The van der Waals surface area contributed by atoms with Crippen molar-refractivity contribution in [3.05, 3.63) is 112 Å². The zero-order valence-electron chi connectivity index (χ0n) is 23.7. The van der Waals surface area contributed by atoms with Gasteiger partial charge in [0, 0.05) is 10.6 Å². The molecule has 10 heteroatoms. The molecule has 0 saturated heterocycles. The Hall–Kier alpha value is -4.57. The molecule has 5 rings (SSSR count). The lowest BCUT2D eigenvalue weighted by molar-refractivity contribution is -0.479. The molecule has 0 aliphatic carbocycles. The van der Waals surface area contributed by atoms with E-state index in [1.807, 2.05) is 92.1 Å². The second kappa shape index (κ2) is 13.4. The van der Waals surface area contributed by atoms with Crippen LogP contribution in [0.1, 0.15) is 36.0 Å². The first-order chi connectivity index (χ1) is 20.5. The van der Waals surface area contributed by atoms with Gasteiger partial charge < -0.3 is 14.2 Å². The van der Waals surface area contributed by atoms with Crippen LogP contribution in [0.15, 0.2) is 90.1 Å². The predicted octanol–water partition coefficient (Wildman–Crippen LogP) is 7.22. The van der Waals surface area contributed by atoms with E-state index in [0.717, 1.165) is 33.3 Å². The molecule has 42 heavy (non-hydrogen) atoms. The molecule has 1 heterocycles. The van der Waals surface area contributed by atoms with Crippen molar-refractivity contribution in [1.29, 1.82) is 0 Å². The average molecular weight is 585 g/mol. The number of hydrogen-bond acceptors (Lipinski definition) is 8. The lowest BCUT2D eigenvalue weighted by atomic mass is 10.1. The van der Waals surface area contributed by atoms with Gasteiger partial charge in [-0.3, -0.25) is 14.7 Å². The van der Waals surface area contributed by atoms with Gasteiger partial charge in [0.2, 0.25) is 6.54 Å². The van der Waals surface area contributed by atoms with Gasteiger partial charge in [0.05, 0.1) is 13.2 Å². The number of hydrogen-bond donors (Lipinski definition) is 0. The quantitative estimate of drug-likeness (QED) is 0.0812. The Kier molecular flexibility index (Phi) is 9.23. The molecular weight excluding hydrogens is 552 g/mol. The van der Waals surface area contributed by atoms with Gasteiger partial charge in [-0.25, -0.2) is 0 Å². The monoisotopic (exact) mass is 584 g/mol. The zero-order valence-corrected chi connectivity index (χ0v) is 24.5. The fourth-order valence-electron chi connectivity index (χ4n) is 4.73. The van der Waals surface area contributed by atoms with Crippen molar-refractivity contribution in [3.8, 4) is 22.9 Å². The van der Waals surface area contributed by atoms with E-state index in [-0.39, 0.29) is 11.5 Å². The highest BCUT2D eigenvalue weighted by Crippen LogP contribution is 2.40. The second-order valence-electron chi connectivity index (χ2n) is 9.48. The molecule has 216 valence electrons. The van der Waals surface area contributed by atoms with E-state index in [1.54, 1.807) is 0 Å². The third-order valence-electron chi connectivity index (χ3n) is 6.67. The number of fused-ring (bicyclic) bond motifs is 1. The third kappa shape index (κ3) is 6.66. The molecule has 0 radical (unpaired) electrons. The van der Waals surface area contributed by atoms with Crippen LogP contribution in [0.3, 0.4) is 0 Å². The summed E-state index contributed by atoms with van der Waals surface area (Å²) < 4.78 is 19.6. The number of thioether (sulfide) groups is 1. The van der Waals surface area contributed by atoms with Crippen molar-refractivity contribution < 1.29 is 19.1 Å². The molecule has 0 saturated carbocycles. The fourth-order valence-corrected chi connectivity index (χ4v) is 5.90. The number of rotatable bonds is 13. The first-order valence-electron chi connectivity index (χ1n) is 13.8. The van der Waals surface area contributed by atoms with Crippen LogP contribution < -0.4 is 14.2 Å². The van der Waals surface area contributed by atoms with Crippen molar-refractivity contribution in [3.63, 3.8) is 0 Å². The SMILES string of the molecule is CCOc1ccc(-n2c(C)nnc2S[C@@H](C[N+](=O)[O-])c2ccc(OCc3cccc4ccccc34)c(OCC)c2)cc1. The van der Waals surface area contributed by atoms with Crippen LogP contribution in [-0.4, -0.2) is 39.4 Å². The molecule has 0 N–H and O–H groups in total. The Bertz CT molecular complexity index is 1670. The van der Waals surface area contributed by atoms with Crippen molar-refractivity contribution in [2.75, 3.05) is 19.8 Å². The fraction of sp³-hybridized carbons (Fsp3) is 0.250. The lowest BCUT2D eigenvalue weighted by Crippen LogP contribution is -2.12. The van der Waals surface area contributed by atoms with Gasteiger partial charge in [0.25, 0.3) is 0 Å². The van der Waals surface area contributed by atoms with E-state index < -0.39 is 5.25 Å². The van der Waals surface area contributed by atoms with E-state index in [1.165, 1.54) is 11.8 Å². The minimum absolute atomic E-state index is 0.304. The summed E-state index contributed by atoms with van der Waals surface area (Å²) >= 11 is 1.29. The minimum Gasteiger partial charge on any atom is -0.494 e. The largest absolute Gasteiger partial charge is 0.494 e. The molecule has 5 aromatic rings. The summed E-state index contributed by atoms with van der Waals surface area (Å²) in [5.74, 6) is 2.55. The maximum Gasteiger partial charge on any atom is 0.220 e. The molecule has 1 atom stereocenters. The summed E-state index contributed by atoms with van der Waals surface area (Å²) in [7, 11) is 0. The molecule has 0 spiro atoms. The number of aryl methyl sites for hydroxylation is 1. The summed E-state index contributed by atoms with van der Waals surface area (Å²) in [4.78, 5) is 11.4. The smallest absolute Gasteiger partial charge is 0.220 e. The van der Waals surface area contributed by atoms with Crippen molar-refractivity contribution in [2.24, 2.45) is 0 Å². The first kappa shape index (κ1) is 28.9. The van der Waals surface area contributed by atoms with Gasteiger partial charge in [-0.05, 0) is 79.1 Å². The minimum atomic E-state index is -0.545. The van der Waals surface area contributed by atoms with Crippen LogP contribution >= 0.6 is 11.8 Å². The number of nitro groups is 1. The van der Waals surface area contributed by atoms with Crippen molar-refractivity contribution in [1.82, 2.24) is 14.8 Å². The zero-order chi connectivity index (χ0) is 29.5. The molecule has 4 aromatic carbocycles. The Labute approximate surface area is 248 Å². The van der Waals surface area contributed by atoms with Crippen LogP contribution in [0.2, 0.25) is 0 Å². The summed E-state index contributed by atoms with van der Waals surface area (Å²) in [6.45, 7) is 6.73. The molecule has 0 amide bonds. The molecule has 0 fully saturated rings. The Morgan fingerprint density at radius 1 is 0.881 bits per heavy atom. The summed E-state index contributed by atoms with van der Waals surface area (Å²) in [6, 6.07) is 27.4. The highest BCUT2D eigenvalue weighted by atomic mass is 32.2. The lowest BCUT2D eigenvalue weighted by Gasteiger charge is -2.18. The standard InChI is InChI=1S/C32H32N4O5S/c1-4-39-27-16-14-26(15-17-27)36-22(3)33-34-32(36)42-31(20-35(37)38)24-13-18-29(30(19-24)40-5-2)41-21-25-11-8-10-23-9-6-7-12-28(23)25/h6-19,31H,4-5,20-21H2,1-3H3/t31-/m0/s1. The highest BCUT2D eigenvalue weighted by Gasteiger charge is 2.25. The maximum atomic E-state index is 11.8. The molecule has 0 unspecified atom stereocenters.